The number of aliphatic imine (C=N–C) groups is 1. The topological polar surface area (TPSA) is 54.6 Å². The third-order valence-corrected chi connectivity index (χ3v) is 3.53. The fourth-order valence-electron chi connectivity index (χ4n) is 1.74. The SMILES string of the molecule is CCc1c(O)c(=O)ccn1CC1=NCCS1. The zero-order chi connectivity index (χ0) is 11.5. The Morgan fingerprint density at radius 1 is 1.62 bits per heavy atom. The molecule has 0 bridgehead atoms. The Balaban J connectivity index is 2.33. The molecule has 0 amide bonds. The standard InChI is InChI=1S/C11H14N2O2S/c1-2-8-11(15)9(14)3-5-13(8)7-10-12-4-6-16-10/h3,5,15H,2,4,6-7H2,1H3. The van der Waals surface area contributed by atoms with Gasteiger partial charge in [-0.1, -0.05) is 6.92 Å². The molecule has 16 heavy (non-hydrogen) atoms. The monoisotopic (exact) mass is 238 g/mol. The average molecular weight is 238 g/mol. The summed E-state index contributed by atoms with van der Waals surface area (Å²) in [4.78, 5) is 15.6. The first-order valence-electron chi connectivity index (χ1n) is 5.29. The van der Waals surface area contributed by atoms with Crippen LogP contribution in [-0.2, 0) is 13.0 Å². The second-order valence-corrected chi connectivity index (χ2v) is 4.75. The van der Waals surface area contributed by atoms with Crippen molar-refractivity contribution in [1.29, 1.82) is 0 Å². The lowest BCUT2D eigenvalue weighted by Gasteiger charge is -2.12. The molecule has 1 aliphatic heterocycles. The molecule has 0 radical (unpaired) electrons. The van der Waals surface area contributed by atoms with Crippen LogP contribution in [0.5, 0.6) is 5.75 Å². The van der Waals surface area contributed by atoms with Crippen LogP contribution in [0.15, 0.2) is 22.1 Å². The van der Waals surface area contributed by atoms with Crippen LogP contribution in [0.3, 0.4) is 0 Å². The van der Waals surface area contributed by atoms with Crippen LogP contribution >= 0.6 is 11.8 Å². The molecule has 0 fully saturated rings. The van der Waals surface area contributed by atoms with Gasteiger partial charge >= 0.3 is 0 Å². The number of nitrogens with zero attached hydrogens (tertiary/aromatic N) is 2. The van der Waals surface area contributed by atoms with Gasteiger partial charge in [-0.15, -0.1) is 11.8 Å². The fraction of sp³-hybridized carbons (Fsp3) is 0.455. The van der Waals surface area contributed by atoms with E-state index in [9.17, 15) is 9.90 Å². The summed E-state index contributed by atoms with van der Waals surface area (Å²) in [5.41, 5.74) is 0.372. The molecular formula is C11H14N2O2S. The molecule has 1 aliphatic rings. The van der Waals surface area contributed by atoms with Crippen LogP contribution in [-0.4, -0.2) is 27.0 Å². The van der Waals surface area contributed by atoms with Gasteiger partial charge in [-0.3, -0.25) is 9.79 Å². The van der Waals surface area contributed by atoms with Gasteiger partial charge in [0.05, 0.1) is 17.3 Å². The van der Waals surface area contributed by atoms with Crippen LogP contribution in [0.4, 0.5) is 0 Å². The third kappa shape index (κ3) is 2.14. The van der Waals surface area contributed by atoms with Crippen molar-refractivity contribution in [2.45, 2.75) is 19.9 Å². The maximum absolute atomic E-state index is 11.3. The summed E-state index contributed by atoms with van der Waals surface area (Å²) in [5, 5.41) is 10.7. The second kappa shape index (κ2) is 4.74. The van der Waals surface area contributed by atoms with Crippen molar-refractivity contribution in [3.05, 3.63) is 28.2 Å². The maximum atomic E-state index is 11.3. The molecular weight excluding hydrogens is 224 g/mol. The minimum Gasteiger partial charge on any atom is -0.503 e. The van der Waals surface area contributed by atoms with Gasteiger partial charge in [-0.25, -0.2) is 0 Å². The Morgan fingerprint density at radius 2 is 2.44 bits per heavy atom. The molecule has 0 spiro atoms. The third-order valence-electron chi connectivity index (χ3n) is 2.55. The zero-order valence-electron chi connectivity index (χ0n) is 9.14. The predicted molar refractivity (Wildman–Crippen MR) is 66.5 cm³/mol. The molecule has 4 nitrogen and oxygen atoms in total. The first-order valence-corrected chi connectivity index (χ1v) is 6.28. The van der Waals surface area contributed by atoms with E-state index in [2.05, 4.69) is 4.99 Å². The van der Waals surface area contributed by atoms with Gasteiger partial charge in [0.25, 0.3) is 0 Å². The molecule has 1 aromatic heterocycles. The van der Waals surface area contributed by atoms with E-state index in [1.165, 1.54) is 6.07 Å². The number of hydrogen-bond donors (Lipinski definition) is 1. The second-order valence-electron chi connectivity index (χ2n) is 3.58. The predicted octanol–water partition coefficient (Wildman–Crippen LogP) is 1.26. The van der Waals surface area contributed by atoms with Gasteiger partial charge in [0.1, 0.15) is 0 Å². The Labute approximate surface area is 98.0 Å². The number of pyridine rings is 1. The smallest absolute Gasteiger partial charge is 0.223 e. The van der Waals surface area contributed by atoms with Crippen LogP contribution in [0.25, 0.3) is 0 Å². The van der Waals surface area contributed by atoms with E-state index in [0.717, 1.165) is 17.3 Å². The molecule has 86 valence electrons. The molecule has 2 heterocycles. The lowest BCUT2D eigenvalue weighted by molar-refractivity contribution is 0.452. The van der Waals surface area contributed by atoms with Crippen LogP contribution in [0.1, 0.15) is 12.6 Å². The van der Waals surface area contributed by atoms with Crippen molar-refractivity contribution in [2.24, 2.45) is 4.99 Å². The molecule has 2 rings (SSSR count). The van der Waals surface area contributed by atoms with E-state index >= 15 is 0 Å². The molecule has 0 saturated carbocycles. The van der Waals surface area contributed by atoms with E-state index in [0.29, 0.717) is 18.7 Å². The minimum absolute atomic E-state index is 0.131. The summed E-state index contributed by atoms with van der Waals surface area (Å²) < 4.78 is 1.90. The van der Waals surface area contributed by atoms with E-state index in [1.807, 2.05) is 11.5 Å². The highest BCUT2D eigenvalue weighted by atomic mass is 32.2. The van der Waals surface area contributed by atoms with Crippen LogP contribution < -0.4 is 5.43 Å². The average Bonchev–Trinajstić information content (AvgIpc) is 2.77. The first-order chi connectivity index (χ1) is 7.72. The summed E-state index contributed by atoms with van der Waals surface area (Å²) in [6, 6.07) is 1.40. The van der Waals surface area contributed by atoms with Crippen molar-refractivity contribution in [1.82, 2.24) is 4.57 Å². The number of aromatic nitrogens is 1. The van der Waals surface area contributed by atoms with Gasteiger partial charge in [0, 0.05) is 24.6 Å². The van der Waals surface area contributed by atoms with Crippen molar-refractivity contribution in [3.63, 3.8) is 0 Å². The van der Waals surface area contributed by atoms with E-state index in [4.69, 9.17) is 0 Å². The number of thioether (sulfide) groups is 1. The maximum Gasteiger partial charge on any atom is 0.223 e. The number of aromatic hydroxyl groups is 1. The molecule has 0 aromatic carbocycles. The summed E-state index contributed by atoms with van der Waals surface area (Å²) in [5.74, 6) is 0.900. The van der Waals surface area contributed by atoms with Crippen LogP contribution in [0, 0.1) is 0 Å². The Kier molecular flexibility index (Phi) is 3.33. The molecule has 0 atom stereocenters. The normalized spacial score (nSPS) is 15.2. The van der Waals surface area contributed by atoms with Gasteiger partial charge in [0.15, 0.2) is 5.75 Å². The zero-order valence-corrected chi connectivity index (χ0v) is 9.96. The lowest BCUT2D eigenvalue weighted by atomic mass is 10.2. The van der Waals surface area contributed by atoms with Gasteiger partial charge in [-0.05, 0) is 6.42 Å². The van der Waals surface area contributed by atoms with Crippen molar-refractivity contribution in [3.8, 4) is 5.75 Å². The summed E-state index contributed by atoms with van der Waals surface area (Å²) in [6.07, 6.45) is 2.36. The highest BCUT2D eigenvalue weighted by Gasteiger charge is 2.12. The highest BCUT2D eigenvalue weighted by molar-refractivity contribution is 8.14. The molecule has 0 unspecified atom stereocenters. The quantitative estimate of drug-likeness (QED) is 0.862. The van der Waals surface area contributed by atoms with Crippen molar-refractivity contribution >= 4 is 16.8 Å². The van der Waals surface area contributed by atoms with Gasteiger partial charge < -0.3 is 9.67 Å². The van der Waals surface area contributed by atoms with Crippen molar-refractivity contribution in [2.75, 3.05) is 12.3 Å². The largest absolute Gasteiger partial charge is 0.503 e. The van der Waals surface area contributed by atoms with Crippen LogP contribution in [0.2, 0.25) is 0 Å². The van der Waals surface area contributed by atoms with Gasteiger partial charge in [0.2, 0.25) is 5.43 Å². The molecule has 1 aromatic rings. The Hall–Kier alpha value is -1.23. The van der Waals surface area contributed by atoms with Gasteiger partial charge in [-0.2, -0.15) is 0 Å². The summed E-state index contributed by atoms with van der Waals surface area (Å²) >= 11 is 1.74. The van der Waals surface area contributed by atoms with E-state index < -0.39 is 0 Å². The molecule has 0 saturated heterocycles. The Morgan fingerprint density at radius 3 is 3.06 bits per heavy atom. The minimum atomic E-state index is -0.311. The molecule has 1 N–H and O–H groups in total. The highest BCUT2D eigenvalue weighted by Crippen LogP contribution is 2.17. The number of rotatable bonds is 3. The number of hydrogen-bond acceptors (Lipinski definition) is 4. The summed E-state index contributed by atoms with van der Waals surface area (Å²) in [7, 11) is 0. The lowest BCUT2D eigenvalue weighted by Crippen LogP contribution is -2.15. The molecule has 0 aliphatic carbocycles. The van der Waals surface area contributed by atoms with E-state index in [1.54, 1.807) is 18.0 Å². The summed E-state index contributed by atoms with van der Waals surface area (Å²) in [6.45, 7) is 3.45. The van der Waals surface area contributed by atoms with E-state index in [-0.39, 0.29) is 11.2 Å². The first kappa shape index (κ1) is 11.3. The molecule has 5 heteroatoms. The fourth-order valence-corrected chi connectivity index (χ4v) is 2.58. The van der Waals surface area contributed by atoms with Crippen molar-refractivity contribution < 1.29 is 5.11 Å². The Bertz CT molecular complexity index is 479.